The van der Waals surface area contributed by atoms with Crippen LogP contribution in [0.3, 0.4) is 0 Å². The number of ether oxygens (including phenoxy) is 1. The van der Waals surface area contributed by atoms with Crippen LogP contribution in [0, 0.1) is 6.92 Å². The highest BCUT2D eigenvalue weighted by molar-refractivity contribution is 14.0. The molecule has 122 valence electrons. The number of unbranched alkanes of at least 4 members (excludes halogenated alkanes) is 2. The Hall–Kier alpha value is -0.410. The lowest BCUT2D eigenvalue weighted by Crippen LogP contribution is -2.38. The SMILES string of the molecule is CN=C(NCCCCCOC)N(C)Cc1csc(C)n1.I. The Morgan fingerprint density at radius 2 is 2.19 bits per heavy atom. The van der Waals surface area contributed by atoms with E-state index in [9.17, 15) is 0 Å². The van der Waals surface area contributed by atoms with Gasteiger partial charge in [-0.05, 0) is 26.2 Å². The lowest BCUT2D eigenvalue weighted by Gasteiger charge is -2.21. The molecular weight excluding hydrogens is 399 g/mol. The average molecular weight is 426 g/mol. The van der Waals surface area contributed by atoms with Crippen LogP contribution >= 0.6 is 35.3 Å². The van der Waals surface area contributed by atoms with Gasteiger partial charge in [-0.2, -0.15) is 0 Å². The third kappa shape index (κ3) is 8.57. The van der Waals surface area contributed by atoms with Crippen LogP contribution in [-0.4, -0.2) is 50.2 Å². The summed E-state index contributed by atoms with van der Waals surface area (Å²) in [6.45, 7) is 4.60. The van der Waals surface area contributed by atoms with E-state index in [1.54, 1.807) is 18.4 Å². The summed E-state index contributed by atoms with van der Waals surface area (Å²) < 4.78 is 5.04. The molecule has 0 fully saturated rings. The number of hydrogen-bond donors (Lipinski definition) is 1. The molecule has 21 heavy (non-hydrogen) atoms. The summed E-state index contributed by atoms with van der Waals surface area (Å²) >= 11 is 1.68. The smallest absolute Gasteiger partial charge is 0.193 e. The van der Waals surface area contributed by atoms with Gasteiger partial charge in [0.25, 0.3) is 0 Å². The number of hydrogen-bond acceptors (Lipinski definition) is 4. The summed E-state index contributed by atoms with van der Waals surface area (Å²) in [6.07, 6.45) is 3.42. The Balaban J connectivity index is 0.00000400. The van der Waals surface area contributed by atoms with Crippen molar-refractivity contribution in [2.45, 2.75) is 32.7 Å². The highest BCUT2D eigenvalue weighted by atomic mass is 127. The summed E-state index contributed by atoms with van der Waals surface area (Å²) in [5.74, 6) is 0.919. The van der Waals surface area contributed by atoms with Gasteiger partial charge < -0.3 is 15.0 Å². The van der Waals surface area contributed by atoms with Gasteiger partial charge in [-0.1, -0.05) is 0 Å². The first kappa shape index (κ1) is 20.6. The Kier molecular flexibility index (Phi) is 11.9. The molecule has 0 aliphatic heterocycles. The lowest BCUT2D eigenvalue weighted by molar-refractivity contribution is 0.192. The minimum absolute atomic E-state index is 0. The minimum atomic E-state index is 0. The standard InChI is InChI=1S/C14H26N4OS.HI/c1-12-17-13(11-20-12)10-18(3)14(15-2)16-8-6-5-7-9-19-4;/h11H,5-10H2,1-4H3,(H,15,16);1H. The van der Waals surface area contributed by atoms with Crippen LogP contribution in [0.2, 0.25) is 0 Å². The summed E-state index contributed by atoms with van der Waals surface area (Å²) in [7, 11) is 5.60. The molecule has 0 saturated heterocycles. The molecule has 5 nitrogen and oxygen atoms in total. The quantitative estimate of drug-likeness (QED) is 0.301. The van der Waals surface area contributed by atoms with Crippen molar-refractivity contribution in [2.75, 3.05) is 34.4 Å². The summed E-state index contributed by atoms with van der Waals surface area (Å²) in [6, 6.07) is 0. The third-order valence-corrected chi connectivity index (χ3v) is 3.77. The molecule has 0 spiro atoms. The van der Waals surface area contributed by atoms with Gasteiger partial charge in [0.05, 0.1) is 17.2 Å². The van der Waals surface area contributed by atoms with Gasteiger partial charge in [0.1, 0.15) is 0 Å². The van der Waals surface area contributed by atoms with Gasteiger partial charge in [-0.25, -0.2) is 4.98 Å². The molecule has 1 heterocycles. The van der Waals surface area contributed by atoms with E-state index in [0.29, 0.717) is 0 Å². The van der Waals surface area contributed by atoms with E-state index >= 15 is 0 Å². The van der Waals surface area contributed by atoms with Crippen molar-refractivity contribution in [2.24, 2.45) is 4.99 Å². The Bertz CT molecular complexity index is 411. The van der Waals surface area contributed by atoms with E-state index in [4.69, 9.17) is 4.74 Å². The molecule has 1 rings (SSSR count). The molecule has 0 aliphatic carbocycles. The average Bonchev–Trinajstić information content (AvgIpc) is 2.83. The lowest BCUT2D eigenvalue weighted by atomic mass is 10.2. The van der Waals surface area contributed by atoms with Crippen LogP contribution in [-0.2, 0) is 11.3 Å². The molecule has 0 atom stereocenters. The van der Waals surface area contributed by atoms with Gasteiger partial charge in [0, 0.05) is 39.7 Å². The second kappa shape index (κ2) is 12.2. The van der Waals surface area contributed by atoms with Crippen molar-refractivity contribution >= 4 is 41.3 Å². The van der Waals surface area contributed by atoms with Crippen LogP contribution in [0.15, 0.2) is 10.4 Å². The van der Waals surface area contributed by atoms with Gasteiger partial charge in [0.2, 0.25) is 0 Å². The number of nitrogens with zero attached hydrogens (tertiary/aromatic N) is 3. The number of aliphatic imine (C=N–C) groups is 1. The Morgan fingerprint density at radius 1 is 1.43 bits per heavy atom. The highest BCUT2D eigenvalue weighted by Crippen LogP contribution is 2.09. The zero-order chi connectivity index (χ0) is 14.8. The normalized spacial score (nSPS) is 11.1. The van der Waals surface area contributed by atoms with Crippen molar-refractivity contribution < 1.29 is 4.74 Å². The number of nitrogens with one attached hydrogen (secondary N) is 1. The Labute approximate surface area is 149 Å². The van der Waals surface area contributed by atoms with E-state index in [1.807, 2.05) is 21.0 Å². The molecule has 0 amide bonds. The van der Waals surface area contributed by atoms with Gasteiger partial charge in [-0.15, -0.1) is 35.3 Å². The highest BCUT2D eigenvalue weighted by Gasteiger charge is 2.07. The number of thiazole rings is 1. The van der Waals surface area contributed by atoms with Crippen molar-refractivity contribution in [3.05, 3.63) is 16.1 Å². The van der Waals surface area contributed by atoms with Crippen LogP contribution in [0.5, 0.6) is 0 Å². The second-order valence-corrected chi connectivity index (χ2v) is 5.80. The van der Waals surface area contributed by atoms with E-state index in [-0.39, 0.29) is 24.0 Å². The molecule has 0 radical (unpaired) electrons. The third-order valence-electron chi connectivity index (χ3n) is 2.95. The Morgan fingerprint density at radius 3 is 2.76 bits per heavy atom. The molecule has 0 unspecified atom stereocenters. The number of rotatable bonds is 8. The first-order valence-electron chi connectivity index (χ1n) is 6.99. The van der Waals surface area contributed by atoms with E-state index < -0.39 is 0 Å². The van der Waals surface area contributed by atoms with Crippen LogP contribution in [0.1, 0.15) is 30.0 Å². The van der Waals surface area contributed by atoms with E-state index in [2.05, 4.69) is 25.6 Å². The van der Waals surface area contributed by atoms with Crippen LogP contribution in [0.4, 0.5) is 0 Å². The van der Waals surface area contributed by atoms with Crippen molar-refractivity contribution in [1.82, 2.24) is 15.2 Å². The van der Waals surface area contributed by atoms with Crippen LogP contribution in [0.25, 0.3) is 0 Å². The maximum Gasteiger partial charge on any atom is 0.193 e. The van der Waals surface area contributed by atoms with Gasteiger partial charge >= 0.3 is 0 Å². The van der Waals surface area contributed by atoms with E-state index in [1.165, 1.54) is 6.42 Å². The predicted molar refractivity (Wildman–Crippen MR) is 101 cm³/mol. The number of halogens is 1. The number of methoxy groups -OCH3 is 1. The monoisotopic (exact) mass is 426 g/mol. The fourth-order valence-electron chi connectivity index (χ4n) is 1.93. The maximum atomic E-state index is 5.04. The fraction of sp³-hybridized carbons (Fsp3) is 0.714. The molecule has 0 aliphatic rings. The first-order chi connectivity index (χ1) is 9.67. The molecule has 1 aromatic heterocycles. The predicted octanol–water partition coefficient (Wildman–Crippen LogP) is 2.89. The number of aryl methyl sites for hydroxylation is 1. The molecule has 1 aromatic rings. The van der Waals surface area contributed by atoms with Gasteiger partial charge in [0.15, 0.2) is 5.96 Å². The zero-order valence-corrected chi connectivity index (χ0v) is 16.5. The van der Waals surface area contributed by atoms with E-state index in [0.717, 1.165) is 49.2 Å². The molecule has 0 saturated carbocycles. The summed E-state index contributed by atoms with van der Waals surface area (Å²) in [4.78, 5) is 10.9. The molecule has 0 aromatic carbocycles. The molecule has 7 heteroatoms. The number of aromatic nitrogens is 1. The topological polar surface area (TPSA) is 49.8 Å². The molecule has 0 bridgehead atoms. The minimum Gasteiger partial charge on any atom is -0.385 e. The second-order valence-electron chi connectivity index (χ2n) is 4.74. The summed E-state index contributed by atoms with van der Waals surface area (Å²) in [5, 5.41) is 6.59. The van der Waals surface area contributed by atoms with Crippen molar-refractivity contribution in [1.29, 1.82) is 0 Å². The molecular formula is C14H27IN4OS. The molecule has 1 N–H and O–H groups in total. The number of guanidine groups is 1. The van der Waals surface area contributed by atoms with Gasteiger partial charge in [-0.3, -0.25) is 4.99 Å². The largest absolute Gasteiger partial charge is 0.385 e. The van der Waals surface area contributed by atoms with Crippen molar-refractivity contribution in [3.8, 4) is 0 Å². The summed E-state index contributed by atoms with van der Waals surface area (Å²) in [5.41, 5.74) is 1.10. The van der Waals surface area contributed by atoms with Crippen molar-refractivity contribution in [3.63, 3.8) is 0 Å². The maximum absolute atomic E-state index is 5.04. The fourth-order valence-corrected chi connectivity index (χ4v) is 2.54. The zero-order valence-electron chi connectivity index (χ0n) is 13.4. The first-order valence-corrected chi connectivity index (χ1v) is 7.87. The van der Waals surface area contributed by atoms with Crippen LogP contribution < -0.4 is 5.32 Å².